The van der Waals surface area contributed by atoms with Gasteiger partial charge in [-0.05, 0) is 0 Å². The van der Waals surface area contributed by atoms with E-state index >= 15 is 0 Å². The Morgan fingerprint density at radius 3 is 1.59 bits per heavy atom. The van der Waals surface area contributed by atoms with Crippen LogP contribution in [0.3, 0.4) is 0 Å². The van der Waals surface area contributed by atoms with Gasteiger partial charge in [0.25, 0.3) is 0 Å². The predicted octanol–water partition coefficient (Wildman–Crippen LogP) is 5.62. The third-order valence-electron chi connectivity index (χ3n) is 4.75. The molecule has 29 heavy (non-hydrogen) atoms. The molecule has 0 bridgehead atoms. The molecule has 0 fully saturated rings. The van der Waals surface area contributed by atoms with Crippen LogP contribution in [0.2, 0.25) is 0 Å². The molecule has 4 aromatic rings. The van der Waals surface area contributed by atoms with Crippen LogP contribution in [-0.2, 0) is 0 Å². The first-order chi connectivity index (χ1) is 14.0. The van der Waals surface area contributed by atoms with E-state index in [1.54, 1.807) is 48.5 Å². The van der Waals surface area contributed by atoms with Gasteiger partial charge in [0.15, 0.2) is 0 Å². The van der Waals surface area contributed by atoms with Crippen LogP contribution in [0.15, 0.2) is 109 Å². The number of hydrogen-bond acceptors (Lipinski definition) is 3. The first-order valence-electron chi connectivity index (χ1n) is 9.15. The van der Waals surface area contributed by atoms with Crippen molar-refractivity contribution < 1.29 is 14.5 Å². The molecule has 4 aromatic carbocycles. The number of para-hydroxylation sites is 2. The number of benzene rings is 4. The standard InChI is InChI=1S/C24H20ClO3P/c25-29(27,19-11-3-1-4-12-19,20-13-5-2-6-14-20)28-24-18-10-8-16-22(24)21-15-7-9-17-23(21)26/h1-18,26-27H. The van der Waals surface area contributed by atoms with Gasteiger partial charge in [0.05, 0.1) is 0 Å². The Labute approximate surface area is 174 Å². The van der Waals surface area contributed by atoms with Gasteiger partial charge < -0.3 is 0 Å². The van der Waals surface area contributed by atoms with Gasteiger partial charge >= 0.3 is 175 Å². The quantitative estimate of drug-likeness (QED) is 0.410. The zero-order valence-corrected chi connectivity index (χ0v) is 17.2. The molecule has 2 N–H and O–H groups in total. The van der Waals surface area contributed by atoms with E-state index in [1.165, 1.54) is 0 Å². The molecule has 0 aromatic heterocycles. The van der Waals surface area contributed by atoms with Crippen molar-refractivity contribution in [3.05, 3.63) is 109 Å². The van der Waals surface area contributed by atoms with Gasteiger partial charge in [-0.3, -0.25) is 0 Å². The Bertz CT molecular complexity index is 1090. The van der Waals surface area contributed by atoms with Crippen molar-refractivity contribution in [1.82, 2.24) is 0 Å². The van der Waals surface area contributed by atoms with Gasteiger partial charge in [-0.2, -0.15) is 0 Å². The van der Waals surface area contributed by atoms with Crippen LogP contribution in [0.5, 0.6) is 11.5 Å². The van der Waals surface area contributed by atoms with Crippen molar-refractivity contribution >= 4 is 28.3 Å². The van der Waals surface area contributed by atoms with Crippen molar-refractivity contribution in [2.24, 2.45) is 0 Å². The number of aromatic hydroxyl groups is 1. The van der Waals surface area contributed by atoms with E-state index in [0.29, 0.717) is 27.5 Å². The Hall–Kier alpha value is -2.84. The number of phenolic OH excluding ortho intramolecular Hbond substituents is 1. The topological polar surface area (TPSA) is 49.7 Å². The second-order valence-electron chi connectivity index (χ2n) is 6.67. The van der Waals surface area contributed by atoms with Crippen LogP contribution < -0.4 is 15.1 Å². The van der Waals surface area contributed by atoms with Crippen molar-refractivity contribution in [3.8, 4) is 22.6 Å². The molecule has 0 aliphatic heterocycles. The molecule has 0 saturated heterocycles. The number of rotatable bonds is 5. The molecule has 0 saturated carbocycles. The molecule has 0 amide bonds. The predicted molar refractivity (Wildman–Crippen MR) is 121 cm³/mol. The second kappa shape index (κ2) is 7.53. The first kappa shape index (κ1) is 19.5. The van der Waals surface area contributed by atoms with Gasteiger partial charge in [-0.1, -0.05) is 0 Å². The van der Waals surface area contributed by atoms with Gasteiger partial charge in [-0.15, -0.1) is 0 Å². The van der Waals surface area contributed by atoms with Crippen molar-refractivity contribution in [1.29, 1.82) is 0 Å². The Kier molecular flexibility index (Phi) is 5.06. The average molecular weight is 423 g/mol. The zero-order chi connectivity index (χ0) is 20.3. The van der Waals surface area contributed by atoms with Crippen LogP contribution in [0, 0.1) is 0 Å². The minimum atomic E-state index is -4.54. The van der Waals surface area contributed by atoms with Gasteiger partial charge in [0, 0.05) is 0 Å². The fourth-order valence-electron chi connectivity index (χ4n) is 3.28. The van der Waals surface area contributed by atoms with Crippen LogP contribution in [0.4, 0.5) is 0 Å². The summed E-state index contributed by atoms with van der Waals surface area (Å²) in [4.78, 5) is 12.0. The molecule has 0 radical (unpaired) electrons. The fraction of sp³-hybridized carbons (Fsp3) is 0. The SMILES string of the molecule is Oc1ccccc1-c1ccccc1OP(O)(Cl)(c1ccccc1)c1ccccc1. The summed E-state index contributed by atoms with van der Waals surface area (Å²) >= 11 is 7.08. The molecule has 0 aliphatic carbocycles. The summed E-state index contributed by atoms with van der Waals surface area (Å²) in [7, 11) is 0. The van der Waals surface area contributed by atoms with Gasteiger partial charge in [0.2, 0.25) is 0 Å². The normalized spacial score (nSPS) is 12.7. The van der Waals surface area contributed by atoms with E-state index in [9.17, 15) is 10.00 Å². The monoisotopic (exact) mass is 422 g/mol. The molecular weight excluding hydrogens is 403 g/mol. The van der Waals surface area contributed by atoms with Gasteiger partial charge in [-0.25, -0.2) is 0 Å². The summed E-state index contributed by atoms with van der Waals surface area (Å²) in [6.07, 6.45) is -4.54. The number of phenols is 1. The van der Waals surface area contributed by atoms with E-state index in [2.05, 4.69) is 0 Å². The van der Waals surface area contributed by atoms with Gasteiger partial charge in [0.1, 0.15) is 0 Å². The summed E-state index contributed by atoms with van der Waals surface area (Å²) in [5, 5.41) is 11.3. The third-order valence-corrected chi connectivity index (χ3v) is 9.05. The Balaban J connectivity index is 1.92. The fourth-order valence-corrected chi connectivity index (χ4v) is 6.58. The maximum absolute atomic E-state index is 12.0. The summed E-state index contributed by atoms with van der Waals surface area (Å²) < 4.78 is 6.34. The van der Waals surface area contributed by atoms with E-state index in [0.717, 1.165) is 0 Å². The molecular formula is C24H20ClO3P. The Morgan fingerprint density at radius 2 is 1.03 bits per heavy atom. The van der Waals surface area contributed by atoms with Crippen LogP contribution in [0.25, 0.3) is 11.1 Å². The summed E-state index contributed by atoms with van der Waals surface area (Å²) in [6.45, 7) is 0. The summed E-state index contributed by atoms with van der Waals surface area (Å²) in [6, 6.07) is 32.3. The molecule has 5 heteroatoms. The van der Waals surface area contributed by atoms with Crippen LogP contribution in [-0.4, -0.2) is 10.00 Å². The molecule has 0 atom stereocenters. The molecule has 4 rings (SSSR count). The molecule has 3 nitrogen and oxygen atoms in total. The molecule has 0 aliphatic rings. The summed E-state index contributed by atoms with van der Waals surface area (Å²) in [5.74, 6) is 0.507. The van der Waals surface area contributed by atoms with Crippen LogP contribution >= 0.6 is 17.7 Å². The van der Waals surface area contributed by atoms with E-state index in [1.807, 2.05) is 60.7 Å². The molecule has 146 valence electrons. The maximum atomic E-state index is 12.0. The number of halogens is 1. The third kappa shape index (κ3) is 3.61. The zero-order valence-electron chi connectivity index (χ0n) is 15.5. The Morgan fingerprint density at radius 1 is 0.586 bits per heavy atom. The molecule has 0 spiro atoms. The first-order valence-corrected chi connectivity index (χ1v) is 12.2. The van der Waals surface area contributed by atoms with Crippen molar-refractivity contribution in [3.63, 3.8) is 0 Å². The number of hydrogen-bond donors (Lipinski definition) is 2. The van der Waals surface area contributed by atoms with Crippen molar-refractivity contribution in [2.75, 3.05) is 0 Å². The van der Waals surface area contributed by atoms with E-state index in [4.69, 9.17) is 15.8 Å². The van der Waals surface area contributed by atoms with E-state index in [-0.39, 0.29) is 5.75 Å². The van der Waals surface area contributed by atoms with Crippen molar-refractivity contribution in [2.45, 2.75) is 0 Å². The summed E-state index contributed by atoms with van der Waals surface area (Å²) in [5.41, 5.74) is 1.24. The van der Waals surface area contributed by atoms with E-state index < -0.39 is 6.41 Å². The minimum absolute atomic E-state index is 0.121. The second-order valence-corrected chi connectivity index (χ2v) is 11.5. The molecule has 0 heterocycles. The van der Waals surface area contributed by atoms with Crippen LogP contribution in [0.1, 0.15) is 0 Å². The molecule has 0 unspecified atom stereocenters. The average Bonchev–Trinajstić information content (AvgIpc) is 2.76.